The first-order valence-corrected chi connectivity index (χ1v) is 15.3. The molecule has 30 heavy (non-hydrogen) atoms. The second kappa shape index (κ2) is 9.11. The summed E-state index contributed by atoms with van der Waals surface area (Å²) in [4.78, 5) is 9.41. The number of aromatic nitrogens is 4. The van der Waals surface area contributed by atoms with Crippen LogP contribution < -0.4 is 18.7 Å². The van der Waals surface area contributed by atoms with E-state index in [4.69, 9.17) is 19.4 Å². The molecule has 4 aromatic rings. The van der Waals surface area contributed by atoms with E-state index in [0.29, 0.717) is 0 Å². The Kier molecular flexibility index (Phi) is 6.30. The molecule has 0 unspecified atom stereocenters. The molecule has 0 aliphatic rings. The van der Waals surface area contributed by atoms with Gasteiger partial charge in [-0.3, -0.25) is 0 Å². The average Bonchev–Trinajstić information content (AvgIpc) is 3.34. The topological polar surface area (TPSA) is 54.1 Å². The predicted molar refractivity (Wildman–Crippen MR) is 121 cm³/mol. The van der Waals surface area contributed by atoms with Gasteiger partial charge < -0.3 is 0 Å². The van der Waals surface area contributed by atoms with Gasteiger partial charge in [-0.2, -0.15) is 0 Å². The van der Waals surface area contributed by atoms with Crippen LogP contribution in [-0.4, -0.2) is 59.6 Å². The van der Waals surface area contributed by atoms with Gasteiger partial charge in [0.1, 0.15) is 0 Å². The molecule has 0 spiro atoms. The minimum atomic E-state index is 0.207. The summed E-state index contributed by atoms with van der Waals surface area (Å²) in [5, 5.41) is 0. The normalized spacial score (nSPS) is 10.9. The zero-order valence-corrected chi connectivity index (χ0v) is 20.6. The van der Waals surface area contributed by atoms with Crippen LogP contribution in [0.4, 0.5) is 0 Å². The van der Waals surface area contributed by atoms with Crippen LogP contribution in [-0.2, 0) is 14.1 Å². The van der Waals surface area contributed by atoms with Crippen molar-refractivity contribution in [3.63, 3.8) is 0 Å². The summed E-state index contributed by atoms with van der Waals surface area (Å²) in [5.74, 6) is 1.71. The molecular formula is C22H22N4O2Se2. The Labute approximate surface area is 187 Å². The molecular weight excluding hydrogens is 510 g/mol. The second-order valence-electron chi connectivity index (χ2n) is 6.64. The van der Waals surface area contributed by atoms with Crippen LogP contribution in [0.3, 0.4) is 0 Å². The Balaban J connectivity index is 1.59. The number of hydrogen-bond donors (Lipinski definition) is 0. The van der Waals surface area contributed by atoms with E-state index in [1.807, 2.05) is 51.0 Å². The number of aryl methyl sites for hydroxylation is 2. The quantitative estimate of drug-likeness (QED) is 0.341. The molecule has 0 radical (unpaired) electrons. The molecule has 0 aliphatic heterocycles. The number of methoxy groups -OCH3 is 2. The Morgan fingerprint density at radius 2 is 1.00 bits per heavy atom. The first-order valence-electron chi connectivity index (χ1n) is 9.26. The van der Waals surface area contributed by atoms with Crippen LogP contribution in [0, 0.1) is 0 Å². The number of benzene rings is 2. The molecule has 0 amide bonds. The van der Waals surface area contributed by atoms with Gasteiger partial charge in [-0.05, 0) is 0 Å². The second-order valence-corrected chi connectivity index (χ2v) is 12.6. The van der Waals surface area contributed by atoms with Gasteiger partial charge in [-0.25, -0.2) is 0 Å². The van der Waals surface area contributed by atoms with Crippen molar-refractivity contribution in [2.45, 2.75) is 0 Å². The van der Waals surface area contributed by atoms with Crippen molar-refractivity contribution >= 4 is 35.4 Å². The summed E-state index contributed by atoms with van der Waals surface area (Å²) in [6, 6.07) is 16.3. The summed E-state index contributed by atoms with van der Waals surface area (Å²) in [6.45, 7) is 0. The zero-order valence-electron chi connectivity index (χ0n) is 17.2. The predicted octanol–water partition coefficient (Wildman–Crippen LogP) is 1.78. The van der Waals surface area contributed by atoms with Crippen LogP contribution in [0.5, 0.6) is 11.5 Å². The van der Waals surface area contributed by atoms with Crippen LogP contribution >= 0.6 is 0 Å². The molecule has 0 N–H and O–H groups in total. The Bertz CT molecular complexity index is 1040. The summed E-state index contributed by atoms with van der Waals surface area (Å²) < 4.78 is 17.1. The fourth-order valence-electron chi connectivity index (χ4n) is 3.17. The first-order chi connectivity index (χ1) is 14.6. The first kappa shape index (κ1) is 20.8. The van der Waals surface area contributed by atoms with Gasteiger partial charge in [0.2, 0.25) is 0 Å². The summed E-state index contributed by atoms with van der Waals surface area (Å²) >= 11 is 0.415. The molecule has 8 heteroatoms. The average molecular weight is 532 g/mol. The van der Waals surface area contributed by atoms with E-state index in [1.165, 1.54) is 11.4 Å². The molecule has 2 aromatic heterocycles. The SMILES string of the molecule is COc1ccc(-c2c([Se][Se]c3ncn(C)c3-c3ccc(OC)cc3)ncn2C)cc1. The Hall–Kier alpha value is -2.50. The van der Waals surface area contributed by atoms with Crippen molar-refractivity contribution in [2.75, 3.05) is 14.2 Å². The third kappa shape index (κ3) is 4.18. The van der Waals surface area contributed by atoms with Gasteiger partial charge >= 0.3 is 188 Å². The van der Waals surface area contributed by atoms with Crippen LogP contribution in [0.15, 0.2) is 61.2 Å². The summed E-state index contributed by atoms with van der Waals surface area (Å²) in [5.41, 5.74) is 4.64. The number of ether oxygens (including phenoxy) is 2. The van der Waals surface area contributed by atoms with Crippen molar-refractivity contribution in [3.05, 3.63) is 61.2 Å². The van der Waals surface area contributed by atoms with Gasteiger partial charge in [-0.1, -0.05) is 0 Å². The molecule has 0 saturated heterocycles. The van der Waals surface area contributed by atoms with Crippen molar-refractivity contribution < 1.29 is 9.47 Å². The van der Waals surface area contributed by atoms with Gasteiger partial charge in [0.15, 0.2) is 0 Å². The molecule has 0 fully saturated rings. The fourth-order valence-corrected chi connectivity index (χ4v) is 9.69. The Morgan fingerprint density at radius 3 is 1.33 bits per heavy atom. The third-order valence-corrected chi connectivity index (χ3v) is 11.2. The molecule has 6 nitrogen and oxygen atoms in total. The minimum absolute atomic E-state index is 0.207. The zero-order chi connectivity index (χ0) is 21.1. The van der Waals surface area contributed by atoms with Gasteiger partial charge in [0.25, 0.3) is 0 Å². The van der Waals surface area contributed by atoms with E-state index in [1.54, 1.807) is 14.2 Å². The Morgan fingerprint density at radius 1 is 0.633 bits per heavy atom. The molecule has 2 heterocycles. The number of imidazole rings is 2. The monoisotopic (exact) mass is 534 g/mol. The fraction of sp³-hybridized carbons (Fsp3) is 0.182. The van der Waals surface area contributed by atoms with Crippen molar-refractivity contribution in [2.24, 2.45) is 14.1 Å². The van der Waals surface area contributed by atoms with E-state index in [0.717, 1.165) is 31.8 Å². The van der Waals surface area contributed by atoms with Crippen LogP contribution in [0.2, 0.25) is 0 Å². The van der Waals surface area contributed by atoms with Crippen LogP contribution in [0.1, 0.15) is 0 Å². The molecule has 154 valence electrons. The molecule has 4 rings (SSSR count). The number of hydrogen-bond acceptors (Lipinski definition) is 4. The van der Waals surface area contributed by atoms with E-state index >= 15 is 0 Å². The molecule has 0 saturated carbocycles. The van der Waals surface area contributed by atoms with Crippen LogP contribution in [0.25, 0.3) is 22.5 Å². The molecule has 0 bridgehead atoms. The van der Waals surface area contributed by atoms with Crippen molar-refractivity contribution in [1.29, 1.82) is 0 Å². The third-order valence-electron chi connectivity index (χ3n) is 4.73. The van der Waals surface area contributed by atoms with E-state index < -0.39 is 0 Å². The van der Waals surface area contributed by atoms with E-state index in [-0.39, 0.29) is 26.3 Å². The van der Waals surface area contributed by atoms with Gasteiger partial charge in [0, 0.05) is 0 Å². The van der Waals surface area contributed by atoms with E-state index in [9.17, 15) is 0 Å². The van der Waals surface area contributed by atoms with Crippen molar-refractivity contribution in [3.8, 4) is 34.0 Å². The molecule has 0 atom stereocenters. The maximum absolute atomic E-state index is 5.29. The maximum atomic E-state index is 5.29. The summed E-state index contributed by atoms with van der Waals surface area (Å²) in [7, 11) is 7.46. The number of rotatable bonds is 7. The molecule has 2 aromatic carbocycles. The van der Waals surface area contributed by atoms with Gasteiger partial charge in [0.05, 0.1) is 0 Å². The summed E-state index contributed by atoms with van der Waals surface area (Å²) in [6.07, 6.45) is 3.80. The van der Waals surface area contributed by atoms with E-state index in [2.05, 4.69) is 33.4 Å². The number of nitrogens with zero attached hydrogens (tertiary/aromatic N) is 4. The standard InChI is InChI=1S/C22H22N4O2Se2/c1-25-13-23-21(19(25)15-5-9-17(27-3)10-6-15)29-30-22-20(26(2)14-24-22)16-7-11-18(28-4)12-8-16/h5-14H,1-4H3. The van der Waals surface area contributed by atoms with Gasteiger partial charge in [-0.15, -0.1) is 0 Å². The van der Waals surface area contributed by atoms with Crippen molar-refractivity contribution in [1.82, 2.24) is 19.1 Å². The molecule has 0 aliphatic carbocycles.